The van der Waals surface area contributed by atoms with Crippen LogP contribution >= 0.6 is 0 Å². The van der Waals surface area contributed by atoms with E-state index in [0.29, 0.717) is 12.2 Å². The standard InChI is InChI=1S/C15H24N4/c16-14-5-2-4-10-19(14)13-7-11-18(12-8-13)15-6-1-3-9-17-15/h1,3,6,9,13-14H,2,4-5,7-8,10-12,16H2. The smallest absolute Gasteiger partial charge is 0.128 e. The second kappa shape index (κ2) is 5.88. The molecule has 4 nitrogen and oxygen atoms in total. The number of pyridine rings is 1. The number of hydrogen-bond donors (Lipinski definition) is 1. The highest BCUT2D eigenvalue weighted by molar-refractivity contribution is 5.38. The fourth-order valence-electron chi connectivity index (χ4n) is 3.40. The van der Waals surface area contributed by atoms with Crippen LogP contribution in [0.25, 0.3) is 0 Å². The summed E-state index contributed by atoms with van der Waals surface area (Å²) >= 11 is 0. The van der Waals surface area contributed by atoms with Gasteiger partial charge in [0.1, 0.15) is 5.82 Å². The van der Waals surface area contributed by atoms with Crippen molar-refractivity contribution in [3.05, 3.63) is 24.4 Å². The Morgan fingerprint density at radius 3 is 2.58 bits per heavy atom. The van der Waals surface area contributed by atoms with Crippen LogP contribution in [0.5, 0.6) is 0 Å². The monoisotopic (exact) mass is 260 g/mol. The third-order valence-electron chi connectivity index (χ3n) is 4.50. The first kappa shape index (κ1) is 12.9. The average molecular weight is 260 g/mol. The molecule has 0 amide bonds. The van der Waals surface area contributed by atoms with E-state index >= 15 is 0 Å². The molecule has 3 heterocycles. The second-order valence-corrected chi connectivity index (χ2v) is 5.71. The molecule has 3 rings (SSSR count). The molecule has 1 aromatic heterocycles. The van der Waals surface area contributed by atoms with E-state index in [9.17, 15) is 0 Å². The van der Waals surface area contributed by atoms with Crippen LogP contribution in [-0.4, -0.2) is 41.7 Å². The summed E-state index contributed by atoms with van der Waals surface area (Å²) in [4.78, 5) is 9.38. The number of nitrogens with two attached hydrogens (primary N) is 1. The van der Waals surface area contributed by atoms with Crippen molar-refractivity contribution >= 4 is 5.82 Å². The summed E-state index contributed by atoms with van der Waals surface area (Å²) in [6, 6.07) is 6.82. The third kappa shape index (κ3) is 2.90. The Morgan fingerprint density at radius 2 is 1.89 bits per heavy atom. The first-order valence-corrected chi connectivity index (χ1v) is 7.52. The number of likely N-dealkylation sites (tertiary alicyclic amines) is 1. The van der Waals surface area contributed by atoms with Crippen LogP contribution in [0.15, 0.2) is 24.4 Å². The summed E-state index contributed by atoms with van der Waals surface area (Å²) in [5.41, 5.74) is 6.26. The van der Waals surface area contributed by atoms with Crippen molar-refractivity contribution in [3.63, 3.8) is 0 Å². The summed E-state index contributed by atoms with van der Waals surface area (Å²) < 4.78 is 0. The van der Waals surface area contributed by atoms with Crippen molar-refractivity contribution in [3.8, 4) is 0 Å². The molecule has 1 aromatic rings. The van der Waals surface area contributed by atoms with Crippen molar-refractivity contribution in [2.75, 3.05) is 24.5 Å². The van der Waals surface area contributed by atoms with Gasteiger partial charge in [-0.2, -0.15) is 0 Å². The van der Waals surface area contributed by atoms with Gasteiger partial charge in [0.25, 0.3) is 0 Å². The maximum Gasteiger partial charge on any atom is 0.128 e. The Kier molecular flexibility index (Phi) is 3.99. The van der Waals surface area contributed by atoms with E-state index in [2.05, 4.69) is 26.9 Å². The number of rotatable bonds is 2. The molecule has 2 fully saturated rings. The molecule has 104 valence electrons. The van der Waals surface area contributed by atoms with Crippen LogP contribution < -0.4 is 10.6 Å². The molecule has 2 N–H and O–H groups in total. The maximum atomic E-state index is 6.26. The summed E-state index contributed by atoms with van der Waals surface area (Å²) in [7, 11) is 0. The Labute approximate surface area is 115 Å². The molecule has 1 atom stereocenters. The normalized spacial score (nSPS) is 26.6. The molecule has 0 bridgehead atoms. The molecule has 2 saturated heterocycles. The number of piperidine rings is 2. The van der Waals surface area contributed by atoms with Gasteiger partial charge in [-0.15, -0.1) is 0 Å². The van der Waals surface area contributed by atoms with Crippen LogP contribution in [0.2, 0.25) is 0 Å². The summed E-state index contributed by atoms with van der Waals surface area (Å²) in [6.45, 7) is 3.39. The lowest BCUT2D eigenvalue weighted by Gasteiger charge is -2.43. The number of aromatic nitrogens is 1. The molecule has 1 unspecified atom stereocenters. The number of nitrogens with zero attached hydrogens (tertiary/aromatic N) is 3. The second-order valence-electron chi connectivity index (χ2n) is 5.71. The maximum absolute atomic E-state index is 6.26. The van der Waals surface area contributed by atoms with Crippen LogP contribution in [0, 0.1) is 0 Å². The summed E-state index contributed by atoms with van der Waals surface area (Å²) in [5, 5.41) is 0. The molecule has 0 radical (unpaired) electrons. The molecule has 4 heteroatoms. The third-order valence-corrected chi connectivity index (χ3v) is 4.50. The zero-order valence-electron chi connectivity index (χ0n) is 11.5. The minimum absolute atomic E-state index is 0.292. The summed E-state index contributed by atoms with van der Waals surface area (Å²) in [5.74, 6) is 1.11. The lowest BCUT2D eigenvalue weighted by molar-refractivity contribution is 0.0832. The first-order valence-electron chi connectivity index (χ1n) is 7.52. The highest BCUT2D eigenvalue weighted by Gasteiger charge is 2.29. The SMILES string of the molecule is NC1CCCCN1C1CCN(c2ccccn2)CC1. The van der Waals surface area contributed by atoms with Gasteiger partial charge < -0.3 is 10.6 Å². The highest BCUT2D eigenvalue weighted by atomic mass is 15.3. The van der Waals surface area contributed by atoms with E-state index in [-0.39, 0.29) is 0 Å². The van der Waals surface area contributed by atoms with E-state index in [1.165, 1.54) is 38.6 Å². The molecule has 0 aliphatic carbocycles. The lowest BCUT2D eigenvalue weighted by Crippen LogP contribution is -2.54. The van der Waals surface area contributed by atoms with Gasteiger partial charge in [0, 0.05) is 25.3 Å². The quantitative estimate of drug-likeness (QED) is 0.881. The van der Waals surface area contributed by atoms with Gasteiger partial charge >= 0.3 is 0 Å². The predicted octanol–water partition coefficient (Wildman–Crippen LogP) is 1.82. The average Bonchev–Trinajstić information content (AvgIpc) is 2.49. The molecule has 0 saturated carbocycles. The van der Waals surface area contributed by atoms with Crippen LogP contribution in [0.4, 0.5) is 5.82 Å². The van der Waals surface area contributed by atoms with Gasteiger partial charge in [-0.1, -0.05) is 6.07 Å². The van der Waals surface area contributed by atoms with Crippen molar-refractivity contribution in [2.24, 2.45) is 5.73 Å². The fourth-order valence-corrected chi connectivity index (χ4v) is 3.40. The van der Waals surface area contributed by atoms with E-state index in [0.717, 1.165) is 18.9 Å². The largest absolute Gasteiger partial charge is 0.357 e. The molecule has 0 aromatic carbocycles. The molecule has 0 spiro atoms. The minimum Gasteiger partial charge on any atom is -0.357 e. The van der Waals surface area contributed by atoms with Crippen molar-refractivity contribution in [1.82, 2.24) is 9.88 Å². The van der Waals surface area contributed by atoms with Crippen molar-refractivity contribution in [2.45, 2.75) is 44.3 Å². The van der Waals surface area contributed by atoms with Gasteiger partial charge in [-0.3, -0.25) is 4.90 Å². The number of hydrogen-bond acceptors (Lipinski definition) is 4. The molecule has 2 aliphatic rings. The van der Waals surface area contributed by atoms with Gasteiger partial charge in [0.2, 0.25) is 0 Å². The number of anilines is 1. The van der Waals surface area contributed by atoms with Crippen molar-refractivity contribution < 1.29 is 0 Å². The van der Waals surface area contributed by atoms with E-state index in [1.807, 2.05) is 12.3 Å². The molecule has 19 heavy (non-hydrogen) atoms. The van der Waals surface area contributed by atoms with Gasteiger partial charge in [-0.25, -0.2) is 4.98 Å². The van der Waals surface area contributed by atoms with Crippen molar-refractivity contribution in [1.29, 1.82) is 0 Å². The summed E-state index contributed by atoms with van der Waals surface area (Å²) in [6.07, 6.45) is 8.37. The highest BCUT2D eigenvalue weighted by Crippen LogP contribution is 2.25. The first-order chi connectivity index (χ1) is 9.34. The Hall–Kier alpha value is -1.13. The molecular formula is C15H24N4. The van der Waals surface area contributed by atoms with Gasteiger partial charge in [-0.05, 0) is 50.8 Å². The Balaban J connectivity index is 1.57. The van der Waals surface area contributed by atoms with Crippen LogP contribution in [-0.2, 0) is 0 Å². The van der Waals surface area contributed by atoms with Crippen LogP contribution in [0.1, 0.15) is 32.1 Å². The van der Waals surface area contributed by atoms with E-state index in [4.69, 9.17) is 5.73 Å². The van der Waals surface area contributed by atoms with Gasteiger partial charge in [0.05, 0.1) is 6.17 Å². The topological polar surface area (TPSA) is 45.4 Å². The fraction of sp³-hybridized carbons (Fsp3) is 0.667. The molecule has 2 aliphatic heterocycles. The van der Waals surface area contributed by atoms with E-state index < -0.39 is 0 Å². The zero-order chi connectivity index (χ0) is 13.1. The zero-order valence-corrected chi connectivity index (χ0v) is 11.5. The Bertz CT molecular complexity index is 386. The Morgan fingerprint density at radius 1 is 1.05 bits per heavy atom. The van der Waals surface area contributed by atoms with E-state index in [1.54, 1.807) is 0 Å². The molecular weight excluding hydrogens is 236 g/mol. The minimum atomic E-state index is 0.292. The van der Waals surface area contributed by atoms with Gasteiger partial charge in [0.15, 0.2) is 0 Å². The predicted molar refractivity (Wildman–Crippen MR) is 78.0 cm³/mol. The van der Waals surface area contributed by atoms with Crippen LogP contribution in [0.3, 0.4) is 0 Å². The lowest BCUT2D eigenvalue weighted by atomic mass is 9.98.